The van der Waals surface area contributed by atoms with Gasteiger partial charge in [-0.1, -0.05) is 5.92 Å². The maximum atomic E-state index is 5.27. The molecule has 0 radical (unpaired) electrons. The SMILES string of the molecule is C#CCN1CCC(CN(C)C)CC1. The van der Waals surface area contributed by atoms with Crippen LogP contribution in [0.25, 0.3) is 0 Å². The van der Waals surface area contributed by atoms with E-state index in [-0.39, 0.29) is 0 Å². The molecule has 0 spiro atoms. The monoisotopic (exact) mass is 180 g/mol. The van der Waals surface area contributed by atoms with Crippen LogP contribution in [-0.2, 0) is 0 Å². The molecule has 74 valence electrons. The van der Waals surface area contributed by atoms with Gasteiger partial charge >= 0.3 is 0 Å². The molecular weight excluding hydrogens is 160 g/mol. The average Bonchev–Trinajstić information content (AvgIpc) is 2.08. The predicted octanol–water partition coefficient (Wildman–Crippen LogP) is 0.893. The van der Waals surface area contributed by atoms with Crippen LogP contribution in [0.1, 0.15) is 12.8 Å². The Labute approximate surface area is 81.9 Å². The maximum Gasteiger partial charge on any atom is 0.0598 e. The lowest BCUT2D eigenvalue weighted by molar-refractivity contribution is 0.177. The van der Waals surface area contributed by atoms with Crippen molar-refractivity contribution in [3.63, 3.8) is 0 Å². The van der Waals surface area contributed by atoms with Crippen molar-refractivity contribution in [1.82, 2.24) is 9.80 Å². The van der Waals surface area contributed by atoms with Crippen molar-refractivity contribution >= 4 is 0 Å². The molecule has 0 saturated carbocycles. The molecule has 1 heterocycles. The lowest BCUT2D eigenvalue weighted by Crippen LogP contribution is -2.37. The van der Waals surface area contributed by atoms with Gasteiger partial charge in [0, 0.05) is 6.54 Å². The van der Waals surface area contributed by atoms with Gasteiger partial charge in [-0.15, -0.1) is 6.42 Å². The first-order chi connectivity index (χ1) is 6.22. The summed E-state index contributed by atoms with van der Waals surface area (Å²) in [7, 11) is 4.29. The standard InChI is InChI=1S/C11H20N2/c1-4-7-13-8-5-11(6-9-13)10-12(2)3/h1,11H,5-10H2,2-3H3. The summed E-state index contributed by atoms with van der Waals surface area (Å²) in [5.41, 5.74) is 0. The first-order valence-electron chi connectivity index (χ1n) is 5.03. The smallest absolute Gasteiger partial charge is 0.0598 e. The van der Waals surface area contributed by atoms with E-state index in [0.29, 0.717) is 0 Å². The number of likely N-dealkylation sites (tertiary alicyclic amines) is 1. The molecule has 1 rings (SSSR count). The highest BCUT2D eigenvalue weighted by molar-refractivity contribution is 4.89. The normalized spacial score (nSPS) is 20.5. The topological polar surface area (TPSA) is 6.48 Å². The van der Waals surface area contributed by atoms with E-state index in [1.54, 1.807) is 0 Å². The van der Waals surface area contributed by atoms with Crippen molar-refractivity contribution in [3.05, 3.63) is 0 Å². The Hall–Kier alpha value is -0.520. The van der Waals surface area contributed by atoms with Crippen LogP contribution >= 0.6 is 0 Å². The molecule has 0 N–H and O–H groups in total. The van der Waals surface area contributed by atoms with Crippen molar-refractivity contribution in [3.8, 4) is 12.3 Å². The fraction of sp³-hybridized carbons (Fsp3) is 0.818. The molecule has 0 amide bonds. The highest BCUT2D eigenvalue weighted by Crippen LogP contribution is 2.16. The van der Waals surface area contributed by atoms with Gasteiger partial charge in [0.15, 0.2) is 0 Å². The average molecular weight is 180 g/mol. The first-order valence-corrected chi connectivity index (χ1v) is 5.03. The van der Waals surface area contributed by atoms with Crippen LogP contribution in [0.5, 0.6) is 0 Å². The van der Waals surface area contributed by atoms with Crippen LogP contribution in [0.3, 0.4) is 0 Å². The summed E-state index contributed by atoms with van der Waals surface area (Å²) in [4.78, 5) is 4.65. The van der Waals surface area contributed by atoms with Gasteiger partial charge in [0.25, 0.3) is 0 Å². The van der Waals surface area contributed by atoms with E-state index in [1.165, 1.54) is 32.5 Å². The molecule has 1 aliphatic heterocycles. The van der Waals surface area contributed by atoms with E-state index in [4.69, 9.17) is 6.42 Å². The quantitative estimate of drug-likeness (QED) is 0.595. The molecule has 0 aromatic rings. The lowest BCUT2D eigenvalue weighted by atomic mass is 9.96. The zero-order valence-electron chi connectivity index (χ0n) is 8.79. The molecule has 0 aromatic heterocycles. The van der Waals surface area contributed by atoms with E-state index in [9.17, 15) is 0 Å². The van der Waals surface area contributed by atoms with Crippen LogP contribution in [0.4, 0.5) is 0 Å². The Balaban J connectivity index is 2.19. The number of rotatable bonds is 3. The summed E-state index contributed by atoms with van der Waals surface area (Å²) in [5.74, 6) is 3.59. The highest BCUT2D eigenvalue weighted by atomic mass is 15.1. The Morgan fingerprint density at radius 3 is 2.46 bits per heavy atom. The van der Waals surface area contributed by atoms with Gasteiger partial charge in [0.05, 0.1) is 6.54 Å². The molecule has 1 fully saturated rings. The Morgan fingerprint density at radius 2 is 2.00 bits per heavy atom. The highest BCUT2D eigenvalue weighted by Gasteiger charge is 2.18. The summed E-state index contributed by atoms with van der Waals surface area (Å²) >= 11 is 0. The van der Waals surface area contributed by atoms with E-state index < -0.39 is 0 Å². The summed E-state index contributed by atoms with van der Waals surface area (Å²) in [6, 6.07) is 0. The van der Waals surface area contributed by atoms with Crippen LogP contribution in [0, 0.1) is 18.3 Å². The number of terminal acetylenes is 1. The Morgan fingerprint density at radius 1 is 1.38 bits per heavy atom. The third kappa shape index (κ3) is 3.80. The zero-order chi connectivity index (χ0) is 9.68. The van der Waals surface area contributed by atoms with Crippen LogP contribution in [0.2, 0.25) is 0 Å². The molecule has 0 unspecified atom stereocenters. The minimum absolute atomic E-state index is 0.828. The van der Waals surface area contributed by atoms with Crippen molar-refractivity contribution in [2.45, 2.75) is 12.8 Å². The Kier molecular flexibility index (Phi) is 4.27. The van der Waals surface area contributed by atoms with E-state index >= 15 is 0 Å². The number of hydrogen-bond donors (Lipinski definition) is 0. The van der Waals surface area contributed by atoms with Crippen molar-refractivity contribution in [1.29, 1.82) is 0 Å². The van der Waals surface area contributed by atoms with Gasteiger partial charge in [0.1, 0.15) is 0 Å². The third-order valence-corrected chi connectivity index (χ3v) is 2.65. The largest absolute Gasteiger partial charge is 0.309 e. The summed E-state index contributed by atoms with van der Waals surface area (Å²) in [6.45, 7) is 4.42. The van der Waals surface area contributed by atoms with Gasteiger partial charge in [-0.2, -0.15) is 0 Å². The van der Waals surface area contributed by atoms with E-state index in [0.717, 1.165) is 12.5 Å². The maximum absolute atomic E-state index is 5.27. The second-order valence-electron chi connectivity index (χ2n) is 4.19. The number of piperidine rings is 1. The van der Waals surface area contributed by atoms with E-state index in [1.807, 2.05) is 0 Å². The fourth-order valence-corrected chi connectivity index (χ4v) is 1.97. The van der Waals surface area contributed by atoms with Crippen molar-refractivity contribution in [2.75, 3.05) is 40.3 Å². The van der Waals surface area contributed by atoms with Crippen LogP contribution < -0.4 is 0 Å². The van der Waals surface area contributed by atoms with Crippen LogP contribution in [0.15, 0.2) is 0 Å². The second kappa shape index (κ2) is 5.26. The minimum atomic E-state index is 0.828. The number of hydrogen-bond acceptors (Lipinski definition) is 2. The van der Waals surface area contributed by atoms with Gasteiger partial charge in [-0.3, -0.25) is 4.90 Å². The third-order valence-electron chi connectivity index (χ3n) is 2.65. The number of nitrogens with zero attached hydrogens (tertiary/aromatic N) is 2. The molecule has 13 heavy (non-hydrogen) atoms. The second-order valence-corrected chi connectivity index (χ2v) is 4.19. The van der Waals surface area contributed by atoms with Crippen molar-refractivity contribution < 1.29 is 0 Å². The van der Waals surface area contributed by atoms with E-state index in [2.05, 4.69) is 29.8 Å². The minimum Gasteiger partial charge on any atom is -0.309 e. The molecule has 0 aromatic carbocycles. The van der Waals surface area contributed by atoms with Gasteiger partial charge in [0.2, 0.25) is 0 Å². The van der Waals surface area contributed by atoms with Gasteiger partial charge < -0.3 is 4.90 Å². The molecule has 0 bridgehead atoms. The van der Waals surface area contributed by atoms with Gasteiger partial charge in [-0.05, 0) is 45.9 Å². The molecule has 2 heteroatoms. The first kappa shape index (κ1) is 10.6. The molecule has 1 saturated heterocycles. The molecule has 0 atom stereocenters. The Bertz CT molecular complexity index is 173. The van der Waals surface area contributed by atoms with Crippen molar-refractivity contribution in [2.24, 2.45) is 5.92 Å². The lowest BCUT2D eigenvalue weighted by Gasteiger charge is -2.31. The fourth-order valence-electron chi connectivity index (χ4n) is 1.97. The molecule has 2 nitrogen and oxygen atoms in total. The molecular formula is C11H20N2. The summed E-state index contributed by atoms with van der Waals surface area (Å²) < 4.78 is 0. The van der Waals surface area contributed by atoms with Gasteiger partial charge in [-0.25, -0.2) is 0 Å². The predicted molar refractivity (Wildman–Crippen MR) is 56.6 cm³/mol. The summed E-state index contributed by atoms with van der Waals surface area (Å²) in [5, 5.41) is 0. The molecule has 0 aliphatic carbocycles. The van der Waals surface area contributed by atoms with Crippen LogP contribution in [-0.4, -0.2) is 50.1 Å². The zero-order valence-corrected chi connectivity index (χ0v) is 8.79. The molecule has 1 aliphatic rings. The summed E-state index contributed by atoms with van der Waals surface area (Å²) in [6.07, 6.45) is 7.89.